The van der Waals surface area contributed by atoms with Crippen molar-refractivity contribution in [3.63, 3.8) is 0 Å². The Morgan fingerprint density at radius 1 is 1.80 bits per heavy atom. The number of aliphatic carboxylic acids is 1. The summed E-state index contributed by atoms with van der Waals surface area (Å²) in [5, 5.41) is 8.37. The SMILES string of the molecule is C[C@@H]1C[C@H](C(=O)O)OC1=O. The minimum Gasteiger partial charge on any atom is -0.479 e. The van der Waals surface area contributed by atoms with Crippen molar-refractivity contribution in [2.75, 3.05) is 0 Å². The van der Waals surface area contributed by atoms with Crippen LogP contribution in [0.25, 0.3) is 0 Å². The summed E-state index contributed by atoms with van der Waals surface area (Å²) in [6.07, 6.45) is -0.615. The molecule has 0 saturated carbocycles. The van der Waals surface area contributed by atoms with Crippen LogP contribution in [-0.4, -0.2) is 23.1 Å². The highest BCUT2D eigenvalue weighted by Gasteiger charge is 2.35. The number of hydrogen-bond donors (Lipinski definition) is 1. The Bertz CT molecular complexity index is 175. The number of rotatable bonds is 1. The highest BCUT2D eigenvalue weighted by atomic mass is 16.6. The van der Waals surface area contributed by atoms with E-state index in [4.69, 9.17) is 5.11 Å². The summed E-state index contributed by atoms with van der Waals surface area (Å²) in [4.78, 5) is 20.8. The first-order valence-corrected chi connectivity index (χ1v) is 3.04. The largest absolute Gasteiger partial charge is 0.479 e. The van der Waals surface area contributed by atoms with Gasteiger partial charge in [-0.25, -0.2) is 4.79 Å². The van der Waals surface area contributed by atoms with E-state index in [0.717, 1.165) is 0 Å². The Balaban J connectivity index is 2.57. The number of carbonyl (C=O) groups is 2. The monoisotopic (exact) mass is 144 g/mol. The van der Waals surface area contributed by atoms with Crippen LogP contribution >= 0.6 is 0 Å². The fraction of sp³-hybridized carbons (Fsp3) is 0.667. The van der Waals surface area contributed by atoms with Crippen molar-refractivity contribution in [2.24, 2.45) is 5.92 Å². The molecule has 1 N–H and O–H groups in total. The Morgan fingerprint density at radius 2 is 2.40 bits per heavy atom. The molecule has 0 aliphatic carbocycles. The van der Waals surface area contributed by atoms with Crippen LogP contribution in [-0.2, 0) is 14.3 Å². The molecule has 56 valence electrons. The predicted octanol–water partition coefficient (Wildman–Crippen LogP) is 0.0226. The van der Waals surface area contributed by atoms with E-state index in [1.54, 1.807) is 6.92 Å². The number of carboxylic acids is 1. The van der Waals surface area contributed by atoms with E-state index in [-0.39, 0.29) is 5.92 Å². The number of esters is 1. The van der Waals surface area contributed by atoms with Gasteiger partial charge in [0.05, 0.1) is 5.92 Å². The molecule has 4 heteroatoms. The van der Waals surface area contributed by atoms with Crippen LogP contribution in [0.5, 0.6) is 0 Å². The molecule has 4 nitrogen and oxygen atoms in total. The number of carboxylic acid groups (broad SMARTS) is 1. The average Bonchev–Trinajstić information content (AvgIpc) is 2.13. The molecule has 1 aliphatic heterocycles. The van der Waals surface area contributed by atoms with E-state index in [1.807, 2.05) is 0 Å². The number of hydrogen-bond acceptors (Lipinski definition) is 3. The topological polar surface area (TPSA) is 63.6 Å². The van der Waals surface area contributed by atoms with Gasteiger partial charge in [-0.15, -0.1) is 0 Å². The molecule has 1 heterocycles. The molecule has 0 aromatic carbocycles. The fourth-order valence-electron chi connectivity index (χ4n) is 0.873. The van der Waals surface area contributed by atoms with Crippen molar-refractivity contribution in [1.82, 2.24) is 0 Å². The van der Waals surface area contributed by atoms with Gasteiger partial charge in [0, 0.05) is 6.42 Å². The van der Waals surface area contributed by atoms with E-state index in [1.165, 1.54) is 0 Å². The lowest BCUT2D eigenvalue weighted by Crippen LogP contribution is -2.18. The molecule has 1 rings (SSSR count). The highest BCUT2D eigenvalue weighted by Crippen LogP contribution is 2.19. The molecular formula is C6H8O4. The van der Waals surface area contributed by atoms with Crippen LogP contribution in [0.1, 0.15) is 13.3 Å². The summed E-state index contributed by atoms with van der Waals surface area (Å²) >= 11 is 0. The summed E-state index contributed by atoms with van der Waals surface area (Å²) in [5.74, 6) is -1.73. The third kappa shape index (κ3) is 1.10. The molecule has 1 aliphatic rings. The number of carbonyl (C=O) groups excluding carboxylic acids is 1. The van der Waals surface area contributed by atoms with Crippen LogP contribution in [0.4, 0.5) is 0 Å². The van der Waals surface area contributed by atoms with Gasteiger partial charge >= 0.3 is 11.9 Å². The number of ether oxygens (including phenoxy) is 1. The maximum atomic E-state index is 10.6. The van der Waals surface area contributed by atoms with Crippen LogP contribution in [0.2, 0.25) is 0 Å². The van der Waals surface area contributed by atoms with Crippen molar-refractivity contribution < 1.29 is 19.4 Å². The van der Waals surface area contributed by atoms with Crippen LogP contribution in [0.15, 0.2) is 0 Å². The van der Waals surface area contributed by atoms with Crippen molar-refractivity contribution in [2.45, 2.75) is 19.4 Å². The summed E-state index contributed by atoms with van der Waals surface area (Å²) in [6.45, 7) is 1.66. The maximum absolute atomic E-state index is 10.6. The van der Waals surface area contributed by atoms with Gasteiger partial charge in [-0.1, -0.05) is 6.92 Å². The van der Waals surface area contributed by atoms with Gasteiger partial charge in [-0.05, 0) is 0 Å². The molecule has 10 heavy (non-hydrogen) atoms. The summed E-state index contributed by atoms with van der Waals surface area (Å²) in [5.41, 5.74) is 0. The van der Waals surface area contributed by atoms with E-state index in [2.05, 4.69) is 4.74 Å². The van der Waals surface area contributed by atoms with Crippen molar-refractivity contribution in [3.8, 4) is 0 Å². The lowest BCUT2D eigenvalue weighted by molar-refractivity contribution is -0.157. The fourth-order valence-corrected chi connectivity index (χ4v) is 0.873. The van der Waals surface area contributed by atoms with Gasteiger partial charge in [-0.2, -0.15) is 0 Å². The van der Waals surface area contributed by atoms with Gasteiger partial charge in [0.1, 0.15) is 0 Å². The van der Waals surface area contributed by atoms with Crippen molar-refractivity contribution in [3.05, 3.63) is 0 Å². The van der Waals surface area contributed by atoms with E-state index in [9.17, 15) is 9.59 Å². The Labute approximate surface area is 57.8 Å². The molecule has 1 fully saturated rings. The predicted molar refractivity (Wildman–Crippen MR) is 31.3 cm³/mol. The maximum Gasteiger partial charge on any atom is 0.345 e. The second-order valence-electron chi connectivity index (χ2n) is 2.40. The van der Waals surface area contributed by atoms with Crippen LogP contribution < -0.4 is 0 Å². The molecule has 0 unspecified atom stereocenters. The minimum atomic E-state index is -1.06. The van der Waals surface area contributed by atoms with Gasteiger partial charge in [0.25, 0.3) is 0 Å². The second kappa shape index (κ2) is 2.28. The quantitative estimate of drug-likeness (QED) is 0.527. The zero-order valence-electron chi connectivity index (χ0n) is 5.53. The summed E-state index contributed by atoms with van der Waals surface area (Å²) in [7, 11) is 0. The first kappa shape index (κ1) is 7.05. The zero-order chi connectivity index (χ0) is 7.72. The first-order valence-electron chi connectivity index (χ1n) is 3.04. The van der Waals surface area contributed by atoms with Crippen molar-refractivity contribution in [1.29, 1.82) is 0 Å². The summed E-state index contributed by atoms with van der Waals surface area (Å²) in [6, 6.07) is 0. The molecule has 0 aromatic heterocycles. The molecule has 0 spiro atoms. The average molecular weight is 144 g/mol. The Hall–Kier alpha value is -1.06. The van der Waals surface area contributed by atoms with Crippen LogP contribution in [0, 0.1) is 5.92 Å². The third-order valence-electron chi connectivity index (χ3n) is 1.50. The molecule has 0 aromatic rings. The standard InChI is InChI=1S/C6H8O4/c1-3-2-4(5(7)8)10-6(3)9/h3-4H,2H2,1H3,(H,7,8)/t3-,4-/m1/s1. The normalized spacial score (nSPS) is 31.9. The van der Waals surface area contributed by atoms with Crippen molar-refractivity contribution >= 4 is 11.9 Å². The Kier molecular flexibility index (Phi) is 1.61. The molecule has 1 saturated heterocycles. The minimum absolute atomic E-state index is 0.263. The van der Waals surface area contributed by atoms with E-state index in [0.29, 0.717) is 6.42 Å². The zero-order valence-corrected chi connectivity index (χ0v) is 5.53. The second-order valence-corrected chi connectivity index (χ2v) is 2.40. The third-order valence-corrected chi connectivity index (χ3v) is 1.50. The van der Waals surface area contributed by atoms with Crippen LogP contribution in [0.3, 0.4) is 0 Å². The van der Waals surface area contributed by atoms with Gasteiger partial charge in [-0.3, -0.25) is 4.79 Å². The first-order chi connectivity index (χ1) is 4.61. The smallest absolute Gasteiger partial charge is 0.345 e. The molecule has 0 radical (unpaired) electrons. The van der Waals surface area contributed by atoms with Gasteiger partial charge in [0.2, 0.25) is 0 Å². The molecule has 2 atom stereocenters. The molecule has 0 bridgehead atoms. The lowest BCUT2D eigenvalue weighted by atomic mass is 10.1. The van der Waals surface area contributed by atoms with Gasteiger partial charge in [0.15, 0.2) is 6.10 Å². The summed E-state index contributed by atoms with van der Waals surface area (Å²) < 4.78 is 4.50. The molecule has 0 amide bonds. The van der Waals surface area contributed by atoms with Gasteiger partial charge < -0.3 is 9.84 Å². The van der Waals surface area contributed by atoms with E-state index >= 15 is 0 Å². The number of cyclic esters (lactones) is 1. The highest BCUT2D eigenvalue weighted by molar-refractivity contribution is 5.82. The Morgan fingerprint density at radius 3 is 2.60 bits per heavy atom. The lowest BCUT2D eigenvalue weighted by Gasteiger charge is -1.99. The molecular weight excluding hydrogens is 136 g/mol. The van der Waals surface area contributed by atoms with E-state index < -0.39 is 18.0 Å².